The molecule has 18 heavy (non-hydrogen) atoms. The summed E-state index contributed by atoms with van der Waals surface area (Å²) in [5, 5.41) is 15.9. The van der Waals surface area contributed by atoms with Crippen LogP contribution in [0.4, 0.5) is 5.69 Å². The van der Waals surface area contributed by atoms with E-state index in [0.29, 0.717) is 0 Å². The van der Waals surface area contributed by atoms with Gasteiger partial charge < -0.3 is 5.32 Å². The topological polar surface area (TPSA) is 58.5 Å². The third kappa shape index (κ3) is 1.84. The quantitative estimate of drug-likeness (QED) is 0.740. The fourth-order valence-corrected chi connectivity index (χ4v) is 2.07. The monoisotopic (exact) mass is 241 g/mol. The van der Waals surface area contributed by atoms with Gasteiger partial charge in [-0.15, -0.1) is 0 Å². The van der Waals surface area contributed by atoms with Gasteiger partial charge in [0.05, 0.1) is 29.6 Å². The number of hydrogen-bond donors (Lipinski definition) is 2. The molecule has 0 radical (unpaired) electrons. The number of nitrogens with zero attached hydrogens (tertiary/aromatic N) is 3. The SMILES string of the molecule is CC(Nc1cccc2cn[nH]c12)c1cnn(C)c1. The maximum atomic E-state index is 4.19. The summed E-state index contributed by atoms with van der Waals surface area (Å²) in [5.74, 6) is 0. The predicted molar refractivity (Wildman–Crippen MR) is 71.3 cm³/mol. The van der Waals surface area contributed by atoms with Gasteiger partial charge in [0.1, 0.15) is 0 Å². The molecule has 0 aliphatic heterocycles. The predicted octanol–water partition coefficient (Wildman–Crippen LogP) is 2.47. The second-order valence-electron chi connectivity index (χ2n) is 4.45. The second kappa shape index (κ2) is 4.18. The van der Waals surface area contributed by atoms with Gasteiger partial charge in [-0.3, -0.25) is 9.78 Å². The minimum Gasteiger partial charge on any atom is -0.377 e. The molecule has 5 heteroatoms. The van der Waals surface area contributed by atoms with Crippen molar-refractivity contribution < 1.29 is 0 Å². The standard InChI is InChI=1S/C13H15N5/c1-9(11-7-15-18(2)8-11)16-12-5-3-4-10-6-14-17-13(10)12/h3-9,16H,1-2H3,(H,14,17). The van der Waals surface area contributed by atoms with Crippen molar-refractivity contribution in [3.8, 4) is 0 Å². The van der Waals surface area contributed by atoms with Crippen LogP contribution >= 0.6 is 0 Å². The Balaban J connectivity index is 1.90. The van der Waals surface area contributed by atoms with E-state index in [0.717, 1.165) is 22.2 Å². The first-order chi connectivity index (χ1) is 8.74. The highest BCUT2D eigenvalue weighted by molar-refractivity contribution is 5.90. The molecule has 0 aliphatic carbocycles. The molecule has 3 aromatic rings. The lowest BCUT2D eigenvalue weighted by Crippen LogP contribution is -2.06. The van der Waals surface area contributed by atoms with E-state index in [4.69, 9.17) is 0 Å². The van der Waals surface area contributed by atoms with Crippen molar-refractivity contribution in [3.05, 3.63) is 42.4 Å². The van der Waals surface area contributed by atoms with Gasteiger partial charge in [-0.2, -0.15) is 10.2 Å². The van der Waals surface area contributed by atoms with Crippen molar-refractivity contribution in [3.63, 3.8) is 0 Å². The van der Waals surface area contributed by atoms with Crippen LogP contribution in [0, 0.1) is 0 Å². The second-order valence-corrected chi connectivity index (χ2v) is 4.45. The number of fused-ring (bicyclic) bond motifs is 1. The lowest BCUT2D eigenvalue weighted by atomic mass is 10.1. The molecule has 2 aromatic heterocycles. The molecular formula is C13H15N5. The van der Waals surface area contributed by atoms with Crippen LogP contribution in [-0.4, -0.2) is 20.0 Å². The molecule has 5 nitrogen and oxygen atoms in total. The fourth-order valence-electron chi connectivity index (χ4n) is 2.07. The van der Waals surface area contributed by atoms with Crippen LogP contribution in [0.5, 0.6) is 0 Å². The molecule has 92 valence electrons. The zero-order valence-corrected chi connectivity index (χ0v) is 10.4. The highest BCUT2D eigenvalue weighted by Gasteiger charge is 2.09. The normalized spacial score (nSPS) is 12.8. The van der Waals surface area contributed by atoms with E-state index >= 15 is 0 Å². The van der Waals surface area contributed by atoms with Gasteiger partial charge in [-0.1, -0.05) is 12.1 Å². The molecule has 0 bridgehead atoms. The van der Waals surface area contributed by atoms with E-state index in [1.165, 1.54) is 0 Å². The molecule has 0 saturated carbocycles. The smallest absolute Gasteiger partial charge is 0.0881 e. The number of nitrogens with one attached hydrogen (secondary N) is 2. The first-order valence-electron chi connectivity index (χ1n) is 5.91. The Labute approximate surface area is 105 Å². The third-order valence-electron chi connectivity index (χ3n) is 3.07. The van der Waals surface area contributed by atoms with E-state index in [2.05, 4.69) is 27.5 Å². The molecule has 1 atom stereocenters. The van der Waals surface area contributed by atoms with Crippen LogP contribution in [0.3, 0.4) is 0 Å². The molecule has 2 N–H and O–H groups in total. The van der Waals surface area contributed by atoms with Crippen LogP contribution in [0.15, 0.2) is 36.8 Å². The van der Waals surface area contributed by atoms with Gasteiger partial charge in [0.2, 0.25) is 0 Å². The average molecular weight is 241 g/mol. The Hall–Kier alpha value is -2.30. The summed E-state index contributed by atoms with van der Waals surface area (Å²) < 4.78 is 1.81. The van der Waals surface area contributed by atoms with Crippen molar-refractivity contribution in [2.45, 2.75) is 13.0 Å². The van der Waals surface area contributed by atoms with Gasteiger partial charge in [0.15, 0.2) is 0 Å². The Morgan fingerprint density at radius 1 is 1.33 bits per heavy atom. The third-order valence-corrected chi connectivity index (χ3v) is 3.07. The molecule has 1 aromatic carbocycles. The van der Waals surface area contributed by atoms with Crippen molar-refractivity contribution in [1.29, 1.82) is 0 Å². The number of aromatic nitrogens is 4. The summed E-state index contributed by atoms with van der Waals surface area (Å²) in [6.45, 7) is 2.12. The average Bonchev–Trinajstić information content (AvgIpc) is 2.97. The fraction of sp³-hybridized carbons (Fsp3) is 0.231. The molecular weight excluding hydrogens is 226 g/mol. The Bertz CT molecular complexity index is 667. The molecule has 0 amide bonds. The van der Waals surface area contributed by atoms with E-state index < -0.39 is 0 Å². The van der Waals surface area contributed by atoms with Crippen LogP contribution < -0.4 is 5.32 Å². The number of rotatable bonds is 3. The lowest BCUT2D eigenvalue weighted by molar-refractivity contribution is 0.765. The minimum atomic E-state index is 0.201. The number of para-hydroxylation sites is 1. The summed E-state index contributed by atoms with van der Waals surface area (Å²) in [7, 11) is 1.92. The lowest BCUT2D eigenvalue weighted by Gasteiger charge is -2.14. The molecule has 0 fully saturated rings. The van der Waals surface area contributed by atoms with E-state index in [-0.39, 0.29) is 6.04 Å². The van der Waals surface area contributed by atoms with Gasteiger partial charge in [0.25, 0.3) is 0 Å². The van der Waals surface area contributed by atoms with Crippen LogP contribution in [0.1, 0.15) is 18.5 Å². The molecule has 0 spiro atoms. The summed E-state index contributed by atoms with van der Waals surface area (Å²) in [5.41, 5.74) is 3.25. The Kier molecular flexibility index (Phi) is 2.51. The summed E-state index contributed by atoms with van der Waals surface area (Å²) in [6.07, 6.45) is 5.73. The number of hydrogen-bond acceptors (Lipinski definition) is 3. The largest absolute Gasteiger partial charge is 0.377 e. The number of aromatic amines is 1. The minimum absolute atomic E-state index is 0.201. The number of benzene rings is 1. The Morgan fingerprint density at radius 2 is 2.22 bits per heavy atom. The molecule has 1 unspecified atom stereocenters. The molecule has 0 aliphatic rings. The van der Waals surface area contributed by atoms with E-state index in [1.54, 1.807) is 0 Å². The van der Waals surface area contributed by atoms with Gasteiger partial charge >= 0.3 is 0 Å². The maximum absolute atomic E-state index is 4.19. The highest BCUT2D eigenvalue weighted by Crippen LogP contribution is 2.24. The number of aryl methyl sites for hydroxylation is 1. The zero-order valence-electron chi connectivity index (χ0n) is 10.4. The summed E-state index contributed by atoms with van der Waals surface area (Å²) in [4.78, 5) is 0. The van der Waals surface area contributed by atoms with Crippen molar-refractivity contribution in [2.75, 3.05) is 5.32 Å². The Morgan fingerprint density at radius 3 is 3.00 bits per heavy atom. The van der Waals surface area contributed by atoms with Crippen LogP contribution in [0.2, 0.25) is 0 Å². The van der Waals surface area contributed by atoms with Gasteiger partial charge in [0, 0.05) is 24.2 Å². The number of anilines is 1. The van der Waals surface area contributed by atoms with Crippen LogP contribution in [-0.2, 0) is 7.05 Å². The maximum Gasteiger partial charge on any atom is 0.0881 e. The molecule has 0 saturated heterocycles. The number of H-pyrrole nitrogens is 1. The van der Waals surface area contributed by atoms with Crippen molar-refractivity contribution in [2.24, 2.45) is 7.05 Å². The van der Waals surface area contributed by atoms with Gasteiger partial charge in [-0.25, -0.2) is 0 Å². The zero-order chi connectivity index (χ0) is 12.5. The summed E-state index contributed by atoms with van der Waals surface area (Å²) in [6, 6.07) is 6.31. The van der Waals surface area contributed by atoms with E-state index in [1.807, 2.05) is 48.5 Å². The van der Waals surface area contributed by atoms with Crippen molar-refractivity contribution >= 4 is 16.6 Å². The first-order valence-corrected chi connectivity index (χ1v) is 5.91. The summed E-state index contributed by atoms with van der Waals surface area (Å²) >= 11 is 0. The molecule has 3 rings (SSSR count). The van der Waals surface area contributed by atoms with Gasteiger partial charge in [-0.05, 0) is 13.0 Å². The highest BCUT2D eigenvalue weighted by atomic mass is 15.2. The van der Waals surface area contributed by atoms with Crippen LogP contribution in [0.25, 0.3) is 10.9 Å². The van der Waals surface area contributed by atoms with E-state index in [9.17, 15) is 0 Å². The molecule has 2 heterocycles. The first kappa shape index (κ1) is 10.8. The van der Waals surface area contributed by atoms with Crippen molar-refractivity contribution in [1.82, 2.24) is 20.0 Å².